The van der Waals surface area contributed by atoms with Crippen LogP contribution in [0.1, 0.15) is 28.8 Å². The lowest BCUT2D eigenvalue weighted by Crippen LogP contribution is -2.32. The van der Waals surface area contributed by atoms with Gasteiger partial charge in [-0.05, 0) is 49.2 Å². The Kier molecular flexibility index (Phi) is 4.88. The summed E-state index contributed by atoms with van der Waals surface area (Å²) in [6, 6.07) is 12.6. The van der Waals surface area contributed by atoms with Crippen LogP contribution in [0, 0.1) is 0 Å². The van der Waals surface area contributed by atoms with E-state index in [0.717, 1.165) is 24.1 Å². The molecule has 6 nitrogen and oxygen atoms in total. The van der Waals surface area contributed by atoms with Gasteiger partial charge in [0.2, 0.25) is 0 Å². The molecule has 0 saturated carbocycles. The number of nitrogens with two attached hydrogens (primary N) is 1. The summed E-state index contributed by atoms with van der Waals surface area (Å²) in [5.74, 6) is 1.15. The first-order valence-corrected chi connectivity index (χ1v) is 8.09. The Labute approximate surface area is 146 Å². The number of amides is 1. The summed E-state index contributed by atoms with van der Waals surface area (Å²) < 4.78 is 10.6. The zero-order valence-electron chi connectivity index (χ0n) is 14.4. The largest absolute Gasteiger partial charge is 0.493 e. The SMILES string of the molecule is COc1ccc(C2=NN(C(=O)c3cccc(N)c3)CCC2)cc1OC. The highest BCUT2D eigenvalue weighted by Crippen LogP contribution is 2.29. The molecule has 2 aromatic rings. The number of nitrogen functional groups attached to an aromatic ring is 1. The van der Waals surface area contributed by atoms with Crippen LogP contribution in [0.3, 0.4) is 0 Å². The molecule has 25 heavy (non-hydrogen) atoms. The van der Waals surface area contributed by atoms with Gasteiger partial charge in [0.15, 0.2) is 11.5 Å². The molecule has 2 N–H and O–H groups in total. The second-order valence-corrected chi connectivity index (χ2v) is 5.77. The lowest BCUT2D eigenvalue weighted by Gasteiger charge is -2.24. The number of benzene rings is 2. The first-order valence-electron chi connectivity index (χ1n) is 8.09. The van der Waals surface area contributed by atoms with Crippen molar-refractivity contribution in [1.82, 2.24) is 5.01 Å². The molecule has 0 unspecified atom stereocenters. The first kappa shape index (κ1) is 16.8. The second kappa shape index (κ2) is 7.25. The van der Waals surface area contributed by atoms with Crippen molar-refractivity contribution in [3.05, 3.63) is 53.6 Å². The molecule has 0 aromatic heterocycles. The molecule has 1 aliphatic rings. The van der Waals surface area contributed by atoms with E-state index in [2.05, 4.69) is 5.10 Å². The highest BCUT2D eigenvalue weighted by Gasteiger charge is 2.21. The van der Waals surface area contributed by atoms with Crippen LogP contribution in [0.2, 0.25) is 0 Å². The van der Waals surface area contributed by atoms with Gasteiger partial charge in [-0.15, -0.1) is 0 Å². The van der Waals surface area contributed by atoms with E-state index < -0.39 is 0 Å². The summed E-state index contributed by atoms with van der Waals surface area (Å²) >= 11 is 0. The minimum atomic E-state index is -0.148. The van der Waals surface area contributed by atoms with E-state index in [1.165, 1.54) is 5.01 Å². The van der Waals surface area contributed by atoms with Crippen LogP contribution in [0.5, 0.6) is 11.5 Å². The normalized spacial score (nSPS) is 14.0. The van der Waals surface area contributed by atoms with E-state index in [-0.39, 0.29) is 5.91 Å². The van der Waals surface area contributed by atoms with Crippen LogP contribution in [0.4, 0.5) is 5.69 Å². The molecule has 1 heterocycles. The third kappa shape index (κ3) is 3.57. The number of carbonyl (C=O) groups is 1. The average molecular weight is 339 g/mol. The molecule has 0 fully saturated rings. The number of anilines is 1. The monoisotopic (exact) mass is 339 g/mol. The van der Waals surface area contributed by atoms with Crippen molar-refractivity contribution < 1.29 is 14.3 Å². The van der Waals surface area contributed by atoms with E-state index >= 15 is 0 Å². The number of methoxy groups -OCH3 is 2. The molecule has 2 aromatic carbocycles. The van der Waals surface area contributed by atoms with Crippen molar-refractivity contribution in [2.45, 2.75) is 12.8 Å². The maximum atomic E-state index is 12.7. The molecule has 0 aliphatic carbocycles. The fourth-order valence-corrected chi connectivity index (χ4v) is 2.83. The van der Waals surface area contributed by atoms with Gasteiger partial charge in [0.05, 0.1) is 19.9 Å². The van der Waals surface area contributed by atoms with Crippen LogP contribution in [0.25, 0.3) is 0 Å². The summed E-state index contributed by atoms with van der Waals surface area (Å²) in [6.07, 6.45) is 1.65. The van der Waals surface area contributed by atoms with Crippen molar-refractivity contribution in [1.29, 1.82) is 0 Å². The van der Waals surface area contributed by atoms with Gasteiger partial charge < -0.3 is 15.2 Å². The number of rotatable bonds is 4. The van der Waals surface area contributed by atoms with Crippen molar-refractivity contribution in [2.75, 3.05) is 26.5 Å². The fraction of sp³-hybridized carbons (Fsp3) is 0.263. The maximum Gasteiger partial charge on any atom is 0.274 e. The number of hydrogen-bond acceptors (Lipinski definition) is 5. The molecule has 3 rings (SSSR count). The van der Waals surface area contributed by atoms with Crippen molar-refractivity contribution in [2.24, 2.45) is 5.10 Å². The van der Waals surface area contributed by atoms with Gasteiger partial charge in [-0.25, -0.2) is 5.01 Å². The number of hydrazone groups is 1. The molecule has 0 spiro atoms. The Morgan fingerprint density at radius 1 is 1.12 bits per heavy atom. The van der Waals surface area contributed by atoms with Gasteiger partial charge in [-0.1, -0.05) is 6.07 Å². The smallest absolute Gasteiger partial charge is 0.274 e. The van der Waals surface area contributed by atoms with E-state index in [1.54, 1.807) is 38.5 Å². The molecule has 6 heteroatoms. The maximum absolute atomic E-state index is 12.7. The van der Waals surface area contributed by atoms with Gasteiger partial charge >= 0.3 is 0 Å². The van der Waals surface area contributed by atoms with Gasteiger partial charge in [-0.3, -0.25) is 4.79 Å². The highest BCUT2D eigenvalue weighted by atomic mass is 16.5. The Morgan fingerprint density at radius 3 is 2.64 bits per heavy atom. The zero-order valence-corrected chi connectivity index (χ0v) is 14.4. The molecule has 1 amide bonds. The summed E-state index contributed by atoms with van der Waals surface area (Å²) in [5.41, 5.74) is 8.64. The molecule has 0 saturated heterocycles. The third-order valence-corrected chi connectivity index (χ3v) is 4.11. The topological polar surface area (TPSA) is 77.2 Å². The second-order valence-electron chi connectivity index (χ2n) is 5.77. The predicted octanol–water partition coefficient (Wildman–Crippen LogP) is 2.93. The van der Waals surface area contributed by atoms with E-state index in [1.807, 2.05) is 18.2 Å². The molecule has 0 bridgehead atoms. The molecule has 0 radical (unpaired) electrons. The van der Waals surface area contributed by atoms with Gasteiger partial charge in [0.1, 0.15) is 0 Å². The third-order valence-electron chi connectivity index (χ3n) is 4.11. The van der Waals surface area contributed by atoms with Crippen LogP contribution in [-0.2, 0) is 0 Å². The minimum absolute atomic E-state index is 0.148. The summed E-state index contributed by atoms with van der Waals surface area (Å²) in [5, 5.41) is 6.06. The van der Waals surface area contributed by atoms with Crippen LogP contribution in [0.15, 0.2) is 47.6 Å². The Balaban J connectivity index is 1.89. The van der Waals surface area contributed by atoms with Crippen molar-refractivity contribution >= 4 is 17.3 Å². The Hall–Kier alpha value is -3.02. The summed E-state index contributed by atoms with van der Waals surface area (Å²) in [7, 11) is 3.20. The summed E-state index contributed by atoms with van der Waals surface area (Å²) in [4.78, 5) is 12.7. The van der Waals surface area contributed by atoms with Gasteiger partial charge in [-0.2, -0.15) is 5.10 Å². The zero-order chi connectivity index (χ0) is 17.8. The quantitative estimate of drug-likeness (QED) is 0.869. The first-order chi connectivity index (χ1) is 12.1. The number of hydrogen-bond donors (Lipinski definition) is 1. The van der Waals surface area contributed by atoms with Crippen LogP contribution < -0.4 is 15.2 Å². The van der Waals surface area contributed by atoms with E-state index in [0.29, 0.717) is 29.3 Å². The molecular weight excluding hydrogens is 318 g/mol. The summed E-state index contributed by atoms with van der Waals surface area (Å²) in [6.45, 7) is 0.588. The number of carbonyl (C=O) groups excluding carboxylic acids is 1. The molecular formula is C19H21N3O3. The number of ether oxygens (including phenoxy) is 2. The van der Waals surface area contributed by atoms with Gasteiger partial charge in [0, 0.05) is 23.4 Å². The number of nitrogens with zero attached hydrogens (tertiary/aromatic N) is 2. The lowest BCUT2D eigenvalue weighted by molar-refractivity contribution is 0.0751. The average Bonchev–Trinajstić information content (AvgIpc) is 2.67. The van der Waals surface area contributed by atoms with E-state index in [9.17, 15) is 4.79 Å². The van der Waals surface area contributed by atoms with Crippen LogP contribution in [-0.4, -0.2) is 37.4 Å². The van der Waals surface area contributed by atoms with Crippen molar-refractivity contribution in [3.63, 3.8) is 0 Å². The Morgan fingerprint density at radius 2 is 1.92 bits per heavy atom. The van der Waals surface area contributed by atoms with Gasteiger partial charge in [0.25, 0.3) is 5.91 Å². The standard InChI is InChI=1S/C19H21N3O3/c1-24-17-9-8-13(12-18(17)25-2)16-7-4-10-22(21-16)19(23)14-5-3-6-15(20)11-14/h3,5-6,8-9,11-12H,4,7,10,20H2,1-2H3. The predicted molar refractivity (Wildman–Crippen MR) is 97.2 cm³/mol. The van der Waals surface area contributed by atoms with E-state index in [4.69, 9.17) is 15.2 Å². The fourth-order valence-electron chi connectivity index (χ4n) is 2.83. The molecule has 130 valence electrons. The van der Waals surface area contributed by atoms with Crippen LogP contribution >= 0.6 is 0 Å². The lowest BCUT2D eigenvalue weighted by atomic mass is 10.0. The molecule has 0 atom stereocenters. The minimum Gasteiger partial charge on any atom is -0.493 e. The Bertz CT molecular complexity index is 817. The molecule has 1 aliphatic heterocycles. The highest BCUT2D eigenvalue weighted by molar-refractivity contribution is 6.03. The van der Waals surface area contributed by atoms with Crippen molar-refractivity contribution in [3.8, 4) is 11.5 Å².